The first-order chi connectivity index (χ1) is 14.9. The number of nitrogens with two attached hydrogens (primary N) is 1. The van der Waals surface area contributed by atoms with Crippen molar-refractivity contribution in [1.82, 2.24) is 0 Å². The van der Waals surface area contributed by atoms with Gasteiger partial charge in [-0.15, -0.1) is 0 Å². The molecule has 0 aliphatic heterocycles. The van der Waals surface area contributed by atoms with Gasteiger partial charge in [0.15, 0.2) is 0 Å². The van der Waals surface area contributed by atoms with Crippen LogP contribution in [0.5, 0.6) is 5.75 Å². The Morgan fingerprint density at radius 3 is 2.34 bits per heavy atom. The first-order valence-electron chi connectivity index (χ1n) is 11.2. The van der Waals surface area contributed by atoms with Gasteiger partial charge in [-0.05, 0) is 72.9 Å². The second-order valence-electron chi connectivity index (χ2n) is 9.92. The molecule has 0 radical (unpaired) electrons. The molecule has 4 nitrogen and oxygen atoms in total. The molecule has 1 fully saturated rings. The largest absolute Gasteiger partial charge is 0.490 e. The zero-order chi connectivity index (χ0) is 23.7. The molecule has 0 aromatic heterocycles. The van der Waals surface area contributed by atoms with Crippen LogP contribution in [0.4, 0.5) is 18.9 Å². The van der Waals surface area contributed by atoms with E-state index in [1.165, 1.54) is 12.1 Å². The molecule has 1 aliphatic rings. The number of aliphatic carboxylic acids is 1. The second kappa shape index (κ2) is 9.20. The zero-order valence-corrected chi connectivity index (χ0v) is 18.9. The van der Waals surface area contributed by atoms with Crippen molar-refractivity contribution in [2.24, 2.45) is 11.3 Å². The molecule has 2 aromatic rings. The third-order valence-corrected chi connectivity index (χ3v) is 6.50. The Balaban J connectivity index is 1.89. The maximum atomic E-state index is 14.1. The van der Waals surface area contributed by atoms with Crippen molar-refractivity contribution in [3.63, 3.8) is 0 Å². The van der Waals surface area contributed by atoms with Gasteiger partial charge in [-0.25, -0.2) is 0 Å². The third-order valence-electron chi connectivity index (χ3n) is 6.50. The maximum Gasteiger partial charge on any atom is 0.420 e. The van der Waals surface area contributed by atoms with Crippen LogP contribution in [0.3, 0.4) is 0 Å². The van der Waals surface area contributed by atoms with Gasteiger partial charge in [-0.3, -0.25) is 4.79 Å². The zero-order valence-electron chi connectivity index (χ0n) is 18.9. The molecule has 0 amide bonds. The van der Waals surface area contributed by atoms with E-state index in [0.717, 1.165) is 31.2 Å². The number of nitrogen functional groups attached to an aromatic ring is 1. The number of alkyl halides is 3. The number of ether oxygens (including phenoxy) is 1. The molecule has 0 bridgehead atoms. The highest BCUT2D eigenvalue weighted by molar-refractivity contribution is 5.98. The summed E-state index contributed by atoms with van der Waals surface area (Å²) in [4.78, 5) is 10.7. The minimum absolute atomic E-state index is 0.00399. The molecule has 0 saturated heterocycles. The van der Waals surface area contributed by atoms with Crippen molar-refractivity contribution in [2.45, 2.75) is 78.0 Å². The van der Waals surface area contributed by atoms with Crippen molar-refractivity contribution in [2.75, 3.05) is 5.73 Å². The number of carbonyl (C=O) groups is 1. The second-order valence-corrected chi connectivity index (χ2v) is 9.92. The monoisotopic (exact) mass is 451 g/mol. The first kappa shape index (κ1) is 24.2. The van der Waals surface area contributed by atoms with Gasteiger partial charge in [0.05, 0.1) is 6.10 Å². The summed E-state index contributed by atoms with van der Waals surface area (Å²) in [5.41, 5.74) is 6.18. The van der Waals surface area contributed by atoms with Crippen molar-refractivity contribution in [1.29, 1.82) is 0 Å². The lowest BCUT2D eigenvalue weighted by Gasteiger charge is -2.37. The van der Waals surface area contributed by atoms with Crippen molar-refractivity contribution < 1.29 is 27.8 Å². The highest BCUT2D eigenvalue weighted by atomic mass is 19.4. The summed E-state index contributed by atoms with van der Waals surface area (Å²) in [6.45, 7) is 6.59. The normalized spacial score (nSPS) is 19.8. The van der Waals surface area contributed by atoms with Gasteiger partial charge in [0.2, 0.25) is 0 Å². The van der Waals surface area contributed by atoms with Crippen LogP contribution in [0.1, 0.15) is 70.4 Å². The van der Waals surface area contributed by atoms with Crippen LogP contribution in [0.15, 0.2) is 24.3 Å². The molecule has 176 valence electrons. The Morgan fingerprint density at radius 2 is 1.78 bits per heavy atom. The summed E-state index contributed by atoms with van der Waals surface area (Å²) in [5, 5.41) is 9.13. The summed E-state index contributed by atoms with van der Waals surface area (Å²) in [6.07, 6.45) is -0.704. The van der Waals surface area contributed by atoms with E-state index in [4.69, 9.17) is 15.6 Å². The third kappa shape index (κ3) is 5.67. The first-order valence-corrected chi connectivity index (χ1v) is 11.2. The van der Waals surface area contributed by atoms with E-state index in [-0.39, 0.29) is 34.8 Å². The Hall–Kier alpha value is -2.44. The minimum atomic E-state index is -4.61. The molecule has 0 unspecified atom stereocenters. The van der Waals surface area contributed by atoms with Gasteiger partial charge in [0, 0.05) is 17.5 Å². The summed E-state index contributed by atoms with van der Waals surface area (Å²) < 4.78 is 48.3. The highest BCUT2D eigenvalue weighted by Gasteiger charge is 2.38. The van der Waals surface area contributed by atoms with Crippen LogP contribution >= 0.6 is 0 Å². The Bertz CT molecular complexity index is 971. The van der Waals surface area contributed by atoms with Crippen LogP contribution < -0.4 is 10.5 Å². The summed E-state index contributed by atoms with van der Waals surface area (Å²) in [5.74, 6) is -0.540. The minimum Gasteiger partial charge on any atom is -0.490 e. The number of hydrogen-bond donors (Lipinski definition) is 2. The van der Waals surface area contributed by atoms with E-state index >= 15 is 0 Å². The number of carboxylic acid groups (broad SMARTS) is 1. The molecule has 3 rings (SSSR count). The predicted molar refractivity (Wildman–Crippen MR) is 120 cm³/mol. The molecule has 32 heavy (non-hydrogen) atoms. The average Bonchev–Trinajstić information content (AvgIpc) is 2.67. The standard InChI is InChI=1S/C25H32F3NO3/c1-24(2,3)17-8-10-18(11-9-17)32-20-12-7-16-13-15(5-4-6-21(30)31)14-19(29)22(16)23(20)25(26,27)28/h7,12-14,17-18H,4-6,8-11,29H2,1-3H3,(H,30,31). The van der Waals surface area contributed by atoms with Gasteiger partial charge in [-0.1, -0.05) is 32.9 Å². The van der Waals surface area contributed by atoms with E-state index in [2.05, 4.69) is 20.8 Å². The molecular weight excluding hydrogens is 419 g/mol. The number of fused-ring (bicyclic) bond motifs is 1. The summed E-state index contributed by atoms with van der Waals surface area (Å²) in [6, 6.07) is 6.16. The SMILES string of the molecule is CC(C)(C)C1CCC(Oc2ccc3cc(CCCC(=O)O)cc(N)c3c2C(F)(F)F)CC1. The van der Waals surface area contributed by atoms with Crippen molar-refractivity contribution >= 4 is 22.4 Å². The van der Waals surface area contributed by atoms with Crippen LogP contribution in [-0.2, 0) is 17.4 Å². The molecule has 0 spiro atoms. The van der Waals surface area contributed by atoms with Gasteiger partial charge in [0.25, 0.3) is 0 Å². The number of rotatable bonds is 6. The molecule has 7 heteroatoms. The number of benzene rings is 2. The number of aryl methyl sites for hydroxylation is 1. The molecule has 2 aromatic carbocycles. The molecule has 0 atom stereocenters. The summed E-state index contributed by atoms with van der Waals surface area (Å²) in [7, 11) is 0. The lowest BCUT2D eigenvalue weighted by atomic mass is 9.72. The molecular formula is C25H32F3NO3. The van der Waals surface area contributed by atoms with Gasteiger partial charge < -0.3 is 15.6 Å². The van der Waals surface area contributed by atoms with Gasteiger partial charge in [0.1, 0.15) is 11.3 Å². The number of carboxylic acids is 1. The molecule has 3 N–H and O–H groups in total. The van der Waals surface area contributed by atoms with E-state index in [1.54, 1.807) is 12.1 Å². The fraction of sp³-hybridized carbons (Fsp3) is 0.560. The van der Waals surface area contributed by atoms with E-state index in [1.807, 2.05) is 0 Å². The topological polar surface area (TPSA) is 72.5 Å². The fourth-order valence-electron chi connectivity index (χ4n) is 4.74. The van der Waals surface area contributed by atoms with E-state index < -0.39 is 17.7 Å². The fourth-order valence-corrected chi connectivity index (χ4v) is 4.74. The molecule has 0 heterocycles. The van der Waals surface area contributed by atoms with E-state index in [9.17, 15) is 18.0 Å². The lowest BCUT2D eigenvalue weighted by molar-refractivity contribution is -0.138. The molecule has 1 saturated carbocycles. The smallest absolute Gasteiger partial charge is 0.420 e. The maximum absolute atomic E-state index is 14.1. The van der Waals surface area contributed by atoms with Crippen LogP contribution in [0.25, 0.3) is 10.8 Å². The number of halogens is 3. The number of anilines is 1. The molecule has 1 aliphatic carbocycles. The van der Waals surface area contributed by atoms with Crippen LogP contribution in [0, 0.1) is 11.3 Å². The summed E-state index contributed by atoms with van der Waals surface area (Å²) >= 11 is 0. The van der Waals surface area contributed by atoms with Crippen LogP contribution in [-0.4, -0.2) is 17.2 Å². The Labute approximate surface area is 186 Å². The highest BCUT2D eigenvalue weighted by Crippen LogP contribution is 2.45. The van der Waals surface area contributed by atoms with Gasteiger partial charge in [-0.2, -0.15) is 13.2 Å². The Kier molecular flexibility index (Phi) is 6.96. The van der Waals surface area contributed by atoms with E-state index in [0.29, 0.717) is 24.1 Å². The lowest BCUT2D eigenvalue weighted by Crippen LogP contribution is -2.31. The number of hydrogen-bond acceptors (Lipinski definition) is 3. The van der Waals surface area contributed by atoms with Crippen LogP contribution in [0.2, 0.25) is 0 Å². The van der Waals surface area contributed by atoms with Crippen molar-refractivity contribution in [3.8, 4) is 5.75 Å². The average molecular weight is 452 g/mol. The Morgan fingerprint density at radius 1 is 1.12 bits per heavy atom. The van der Waals surface area contributed by atoms with Gasteiger partial charge >= 0.3 is 12.1 Å². The quantitative estimate of drug-likeness (QED) is 0.472. The predicted octanol–water partition coefficient (Wildman–Crippen LogP) is 6.83. The van der Waals surface area contributed by atoms with Crippen molar-refractivity contribution in [3.05, 3.63) is 35.4 Å².